The fourth-order valence-electron chi connectivity index (χ4n) is 1.36. The van der Waals surface area contributed by atoms with Crippen LogP contribution in [-0.4, -0.2) is 12.6 Å². The zero-order valence-corrected chi connectivity index (χ0v) is 10.8. The van der Waals surface area contributed by atoms with Crippen LogP contribution >= 0.6 is 23.5 Å². The summed E-state index contributed by atoms with van der Waals surface area (Å²) < 4.78 is 5.37. The van der Waals surface area contributed by atoms with Crippen LogP contribution < -0.4 is 0 Å². The second kappa shape index (κ2) is 5.98. The number of hydrogen-bond acceptors (Lipinski definition) is 4. The van der Waals surface area contributed by atoms with Crippen molar-refractivity contribution in [2.45, 2.75) is 4.58 Å². The van der Waals surface area contributed by atoms with Crippen molar-refractivity contribution >= 4 is 29.5 Å². The number of thioether (sulfide) groups is 2. The molecule has 1 heterocycles. The van der Waals surface area contributed by atoms with Gasteiger partial charge in [-0.25, -0.2) is 4.79 Å². The Kier molecular flexibility index (Phi) is 4.34. The summed E-state index contributed by atoms with van der Waals surface area (Å²) in [6.45, 7) is 3.70. The van der Waals surface area contributed by atoms with Gasteiger partial charge in [-0.3, -0.25) is 0 Å². The van der Waals surface area contributed by atoms with Crippen LogP contribution in [0.3, 0.4) is 0 Å². The lowest BCUT2D eigenvalue weighted by Gasteiger charge is -2.09. The van der Waals surface area contributed by atoms with E-state index < -0.39 is 0 Å². The molecule has 1 aliphatic heterocycles. The highest BCUT2D eigenvalue weighted by molar-refractivity contribution is 8.22. The van der Waals surface area contributed by atoms with Crippen molar-refractivity contribution in [1.29, 1.82) is 0 Å². The number of ether oxygens (including phenoxy) is 1. The molecule has 1 unspecified atom stereocenters. The maximum absolute atomic E-state index is 10.9. The van der Waals surface area contributed by atoms with Crippen molar-refractivity contribution in [2.75, 3.05) is 6.61 Å². The van der Waals surface area contributed by atoms with E-state index in [-0.39, 0.29) is 5.97 Å². The minimum absolute atomic E-state index is 0.339. The van der Waals surface area contributed by atoms with E-state index in [0.717, 1.165) is 4.91 Å². The van der Waals surface area contributed by atoms with Crippen LogP contribution in [0.1, 0.15) is 10.1 Å². The summed E-state index contributed by atoms with van der Waals surface area (Å²) in [5.41, 5.74) is 1.28. The lowest BCUT2D eigenvalue weighted by Crippen LogP contribution is -2.01. The van der Waals surface area contributed by atoms with Crippen molar-refractivity contribution in [3.63, 3.8) is 0 Å². The third-order valence-electron chi connectivity index (χ3n) is 2.18. The van der Waals surface area contributed by atoms with Crippen LogP contribution in [0, 0.1) is 0 Å². The topological polar surface area (TPSA) is 26.3 Å². The minimum atomic E-state index is -0.375. The molecule has 4 heteroatoms. The molecule has 0 amide bonds. The van der Waals surface area contributed by atoms with Crippen LogP contribution in [0.25, 0.3) is 0 Å². The summed E-state index contributed by atoms with van der Waals surface area (Å²) in [5, 5.41) is 2.05. The van der Waals surface area contributed by atoms with E-state index in [1.807, 2.05) is 18.2 Å². The first kappa shape index (κ1) is 12.3. The van der Waals surface area contributed by atoms with Crippen LogP contribution in [0.2, 0.25) is 0 Å². The quantitative estimate of drug-likeness (QED) is 0.611. The Morgan fingerprint density at radius 1 is 1.41 bits per heavy atom. The second-order valence-electron chi connectivity index (χ2n) is 3.39. The molecule has 2 rings (SSSR count). The molecule has 2 nitrogen and oxygen atoms in total. The van der Waals surface area contributed by atoms with Gasteiger partial charge in [0.25, 0.3) is 0 Å². The third-order valence-corrected chi connectivity index (χ3v) is 4.91. The average Bonchev–Trinajstić information content (AvgIpc) is 2.86. The lowest BCUT2D eigenvalue weighted by atomic mass is 10.2. The summed E-state index contributed by atoms with van der Waals surface area (Å²) in [4.78, 5) is 12.0. The molecule has 1 aromatic carbocycles. The van der Waals surface area contributed by atoms with E-state index in [2.05, 4.69) is 24.1 Å². The van der Waals surface area contributed by atoms with Crippen molar-refractivity contribution < 1.29 is 9.53 Å². The zero-order valence-electron chi connectivity index (χ0n) is 9.17. The molecular weight excluding hydrogens is 252 g/mol. The van der Waals surface area contributed by atoms with Gasteiger partial charge in [0.15, 0.2) is 0 Å². The van der Waals surface area contributed by atoms with E-state index >= 15 is 0 Å². The standard InChI is InChI=1S/C13H12O2S2/c1-2-12(14)15-8-11-9-16-13(17-11)10-6-4-3-5-7-10/h2-7,9,13H,1,8H2. The van der Waals surface area contributed by atoms with Gasteiger partial charge in [0, 0.05) is 11.0 Å². The number of carbonyl (C=O) groups excluding carboxylic acids is 1. The highest BCUT2D eigenvalue weighted by atomic mass is 32.2. The van der Waals surface area contributed by atoms with E-state index in [1.165, 1.54) is 11.6 Å². The van der Waals surface area contributed by atoms with Gasteiger partial charge >= 0.3 is 5.97 Å². The monoisotopic (exact) mass is 264 g/mol. The van der Waals surface area contributed by atoms with Gasteiger partial charge in [0.2, 0.25) is 0 Å². The minimum Gasteiger partial charge on any atom is -0.457 e. The smallest absolute Gasteiger partial charge is 0.330 e. The number of benzene rings is 1. The van der Waals surface area contributed by atoms with E-state index in [0.29, 0.717) is 11.2 Å². The molecule has 88 valence electrons. The molecule has 0 bridgehead atoms. The summed E-state index contributed by atoms with van der Waals surface area (Å²) >= 11 is 3.48. The lowest BCUT2D eigenvalue weighted by molar-refractivity contribution is -0.136. The molecule has 17 heavy (non-hydrogen) atoms. The number of esters is 1. The molecule has 0 spiro atoms. The maximum atomic E-state index is 10.9. The van der Waals surface area contributed by atoms with Crippen LogP contribution in [0.5, 0.6) is 0 Å². The summed E-state index contributed by atoms with van der Waals surface area (Å²) in [6.07, 6.45) is 1.18. The van der Waals surface area contributed by atoms with Gasteiger partial charge in [0.05, 0.1) is 4.58 Å². The predicted octanol–water partition coefficient (Wildman–Crippen LogP) is 3.74. The SMILES string of the molecule is C=CC(=O)OCC1=CSC(c2ccccc2)S1. The Labute approximate surface area is 109 Å². The summed E-state index contributed by atoms with van der Waals surface area (Å²) in [7, 11) is 0. The Morgan fingerprint density at radius 2 is 2.18 bits per heavy atom. The molecule has 0 aliphatic carbocycles. The largest absolute Gasteiger partial charge is 0.457 e. The predicted molar refractivity (Wildman–Crippen MR) is 73.6 cm³/mol. The van der Waals surface area contributed by atoms with Gasteiger partial charge in [0.1, 0.15) is 6.61 Å². The van der Waals surface area contributed by atoms with Crippen molar-refractivity contribution in [3.8, 4) is 0 Å². The zero-order chi connectivity index (χ0) is 12.1. The van der Waals surface area contributed by atoms with Gasteiger partial charge in [-0.05, 0) is 11.0 Å². The molecule has 0 aromatic heterocycles. The first-order valence-electron chi connectivity index (χ1n) is 5.15. The Bertz CT molecular complexity index is 440. The van der Waals surface area contributed by atoms with Crippen LogP contribution in [0.15, 0.2) is 53.3 Å². The molecule has 0 saturated heterocycles. The normalized spacial score (nSPS) is 18.6. The Balaban J connectivity index is 1.86. The first-order chi connectivity index (χ1) is 8.29. The van der Waals surface area contributed by atoms with Crippen LogP contribution in [-0.2, 0) is 9.53 Å². The second-order valence-corrected chi connectivity index (χ2v) is 5.90. The van der Waals surface area contributed by atoms with E-state index in [4.69, 9.17) is 4.74 Å². The van der Waals surface area contributed by atoms with Crippen molar-refractivity contribution in [1.82, 2.24) is 0 Å². The van der Waals surface area contributed by atoms with Gasteiger partial charge < -0.3 is 4.74 Å². The van der Waals surface area contributed by atoms with E-state index in [9.17, 15) is 4.79 Å². The molecule has 1 aromatic rings. The fraction of sp³-hybridized carbons (Fsp3) is 0.154. The first-order valence-corrected chi connectivity index (χ1v) is 6.97. The third kappa shape index (κ3) is 3.41. The molecule has 0 radical (unpaired) electrons. The van der Waals surface area contributed by atoms with Crippen molar-refractivity contribution in [3.05, 3.63) is 58.9 Å². The maximum Gasteiger partial charge on any atom is 0.330 e. The molecule has 0 fully saturated rings. The Morgan fingerprint density at radius 3 is 2.88 bits per heavy atom. The molecule has 0 N–H and O–H groups in total. The molecule has 0 saturated carbocycles. The Hall–Kier alpha value is -1.13. The van der Waals surface area contributed by atoms with Crippen LogP contribution in [0.4, 0.5) is 0 Å². The average molecular weight is 264 g/mol. The van der Waals surface area contributed by atoms with Gasteiger partial charge in [-0.15, -0.1) is 23.5 Å². The number of rotatable bonds is 4. The summed E-state index contributed by atoms with van der Waals surface area (Å²) in [5.74, 6) is -0.375. The van der Waals surface area contributed by atoms with Gasteiger partial charge in [-0.2, -0.15) is 0 Å². The molecular formula is C13H12O2S2. The van der Waals surface area contributed by atoms with Crippen molar-refractivity contribution in [2.24, 2.45) is 0 Å². The van der Waals surface area contributed by atoms with Gasteiger partial charge in [-0.1, -0.05) is 36.9 Å². The molecule has 1 aliphatic rings. The number of hydrogen-bond donors (Lipinski definition) is 0. The van der Waals surface area contributed by atoms with E-state index in [1.54, 1.807) is 23.5 Å². The fourth-order valence-corrected chi connectivity index (χ4v) is 3.86. The number of carbonyl (C=O) groups is 1. The molecule has 1 atom stereocenters. The highest BCUT2D eigenvalue weighted by Crippen LogP contribution is 2.50. The highest BCUT2D eigenvalue weighted by Gasteiger charge is 2.20. The summed E-state index contributed by atoms with van der Waals surface area (Å²) in [6, 6.07) is 10.3.